The first-order valence-corrected chi connectivity index (χ1v) is 6.43. The van der Waals surface area contributed by atoms with E-state index in [0.29, 0.717) is 12.5 Å². The number of nitrogens with one attached hydrogen (secondary N) is 1. The van der Waals surface area contributed by atoms with Crippen molar-refractivity contribution < 1.29 is 9.84 Å². The van der Waals surface area contributed by atoms with Crippen LogP contribution in [0.5, 0.6) is 5.75 Å². The Morgan fingerprint density at radius 2 is 1.78 bits per heavy atom. The van der Waals surface area contributed by atoms with E-state index in [-0.39, 0.29) is 6.04 Å². The molecule has 3 heteroatoms. The molecule has 2 N–H and O–H groups in total. The highest BCUT2D eigenvalue weighted by Crippen LogP contribution is 2.24. The summed E-state index contributed by atoms with van der Waals surface area (Å²) in [7, 11) is 1.67. The Morgan fingerprint density at radius 1 is 1.22 bits per heavy atom. The lowest BCUT2D eigenvalue weighted by atomic mass is 9.95. The van der Waals surface area contributed by atoms with Gasteiger partial charge in [-0.1, -0.05) is 26.0 Å². The van der Waals surface area contributed by atoms with Gasteiger partial charge in [-0.25, -0.2) is 0 Å². The van der Waals surface area contributed by atoms with Gasteiger partial charge in [0, 0.05) is 12.6 Å². The zero-order valence-electron chi connectivity index (χ0n) is 12.0. The van der Waals surface area contributed by atoms with Crippen LogP contribution in [0, 0.1) is 5.92 Å². The first-order valence-electron chi connectivity index (χ1n) is 6.43. The van der Waals surface area contributed by atoms with E-state index in [9.17, 15) is 5.11 Å². The number of aliphatic hydroxyl groups is 1. The molecule has 0 aliphatic heterocycles. The van der Waals surface area contributed by atoms with E-state index in [4.69, 9.17) is 4.74 Å². The van der Waals surface area contributed by atoms with Gasteiger partial charge in [0.2, 0.25) is 0 Å². The van der Waals surface area contributed by atoms with Crippen molar-refractivity contribution in [1.82, 2.24) is 5.32 Å². The first kappa shape index (κ1) is 15.0. The minimum absolute atomic E-state index is 0.238. The van der Waals surface area contributed by atoms with Gasteiger partial charge in [0.25, 0.3) is 0 Å². The van der Waals surface area contributed by atoms with Gasteiger partial charge < -0.3 is 15.2 Å². The topological polar surface area (TPSA) is 41.5 Å². The van der Waals surface area contributed by atoms with Crippen molar-refractivity contribution in [1.29, 1.82) is 0 Å². The molecule has 3 nitrogen and oxygen atoms in total. The third-order valence-electron chi connectivity index (χ3n) is 2.90. The Hall–Kier alpha value is -1.06. The van der Waals surface area contributed by atoms with E-state index in [0.717, 1.165) is 5.75 Å². The minimum atomic E-state index is -0.695. The molecule has 1 aromatic carbocycles. The normalized spacial score (nSPS) is 13.7. The molecule has 0 saturated heterocycles. The molecule has 0 amide bonds. The minimum Gasteiger partial charge on any atom is -0.497 e. The van der Waals surface area contributed by atoms with Crippen LogP contribution in [-0.2, 0) is 0 Å². The molecule has 0 saturated carbocycles. The molecule has 0 aromatic heterocycles. The standard InChI is InChI=1S/C15H25NO2/c1-11(2)14(16-10-15(3,4)17)12-6-8-13(18-5)9-7-12/h6-9,11,14,16-17H,10H2,1-5H3. The van der Waals surface area contributed by atoms with Crippen LogP contribution in [-0.4, -0.2) is 24.4 Å². The van der Waals surface area contributed by atoms with E-state index >= 15 is 0 Å². The van der Waals surface area contributed by atoms with E-state index < -0.39 is 5.60 Å². The summed E-state index contributed by atoms with van der Waals surface area (Å²) < 4.78 is 5.16. The second-order valence-electron chi connectivity index (χ2n) is 5.69. The fraction of sp³-hybridized carbons (Fsp3) is 0.600. The van der Waals surface area contributed by atoms with Crippen LogP contribution in [0.2, 0.25) is 0 Å². The van der Waals surface area contributed by atoms with Gasteiger partial charge in [-0.2, -0.15) is 0 Å². The maximum absolute atomic E-state index is 9.79. The Morgan fingerprint density at radius 3 is 2.17 bits per heavy atom. The highest BCUT2D eigenvalue weighted by atomic mass is 16.5. The summed E-state index contributed by atoms with van der Waals surface area (Å²) in [5.74, 6) is 1.32. The second-order valence-corrected chi connectivity index (χ2v) is 5.69. The number of hydrogen-bond donors (Lipinski definition) is 2. The summed E-state index contributed by atoms with van der Waals surface area (Å²) in [6.45, 7) is 8.54. The molecule has 1 atom stereocenters. The van der Waals surface area contributed by atoms with Crippen LogP contribution in [0.3, 0.4) is 0 Å². The van der Waals surface area contributed by atoms with Crippen LogP contribution in [0.1, 0.15) is 39.3 Å². The quantitative estimate of drug-likeness (QED) is 0.817. The van der Waals surface area contributed by atoms with Crippen molar-refractivity contribution >= 4 is 0 Å². The maximum atomic E-state index is 9.79. The summed E-state index contributed by atoms with van der Waals surface area (Å²) in [6.07, 6.45) is 0. The monoisotopic (exact) mass is 251 g/mol. The van der Waals surface area contributed by atoms with Crippen LogP contribution >= 0.6 is 0 Å². The molecule has 0 aliphatic rings. The Balaban J connectivity index is 2.77. The third-order valence-corrected chi connectivity index (χ3v) is 2.90. The lowest BCUT2D eigenvalue weighted by molar-refractivity contribution is 0.0742. The smallest absolute Gasteiger partial charge is 0.118 e. The highest BCUT2D eigenvalue weighted by Gasteiger charge is 2.19. The van der Waals surface area contributed by atoms with Gasteiger partial charge in [0.05, 0.1) is 12.7 Å². The van der Waals surface area contributed by atoms with Crippen LogP contribution in [0.4, 0.5) is 0 Å². The molecule has 0 spiro atoms. The molecule has 1 unspecified atom stereocenters. The van der Waals surface area contributed by atoms with E-state index in [2.05, 4.69) is 31.3 Å². The van der Waals surface area contributed by atoms with Crippen LogP contribution < -0.4 is 10.1 Å². The zero-order chi connectivity index (χ0) is 13.8. The largest absolute Gasteiger partial charge is 0.497 e. The van der Waals surface area contributed by atoms with E-state index in [1.807, 2.05) is 26.0 Å². The molecule has 1 aromatic rings. The van der Waals surface area contributed by atoms with Crippen molar-refractivity contribution in [2.75, 3.05) is 13.7 Å². The Bertz CT molecular complexity index is 352. The van der Waals surface area contributed by atoms with Gasteiger partial charge in [0.15, 0.2) is 0 Å². The van der Waals surface area contributed by atoms with Crippen molar-refractivity contribution in [3.8, 4) is 5.75 Å². The average Bonchev–Trinajstić information content (AvgIpc) is 2.28. The average molecular weight is 251 g/mol. The molecule has 18 heavy (non-hydrogen) atoms. The lowest BCUT2D eigenvalue weighted by Crippen LogP contribution is -2.38. The number of rotatable bonds is 6. The van der Waals surface area contributed by atoms with Crippen molar-refractivity contribution in [3.63, 3.8) is 0 Å². The van der Waals surface area contributed by atoms with Crippen molar-refractivity contribution in [2.24, 2.45) is 5.92 Å². The van der Waals surface area contributed by atoms with Gasteiger partial charge in [-0.05, 0) is 37.5 Å². The lowest BCUT2D eigenvalue weighted by Gasteiger charge is -2.27. The summed E-state index contributed by atoms with van der Waals surface area (Å²) in [4.78, 5) is 0. The Kier molecular flexibility index (Phi) is 5.17. The Labute approximate surface area is 110 Å². The number of benzene rings is 1. The van der Waals surface area contributed by atoms with E-state index in [1.54, 1.807) is 7.11 Å². The SMILES string of the molecule is COc1ccc(C(NCC(C)(C)O)C(C)C)cc1. The third kappa shape index (κ3) is 4.67. The molecule has 0 fully saturated rings. The molecule has 0 bridgehead atoms. The number of methoxy groups -OCH3 is 1. The van der Waals surface area contributed by atoms with Gasteiger partial charge >= 0.3 is 0 Å². The second kappa shape index (κ2) is 6.21. The van der Waals surface area contributed by atoms with E-state index in [1.165, 1.54) is 5.56 Å². The fourth-order valence-electron chi connectivity index (χ4n) is 1.91. The summed E-state index contributed by atoms with van der Waals surface area (Å²) in [5, 5.41) is 13.2. The molecule has 1 rings (SSSR count). The predicted octanol–water partition coefficient (Wildman–Crippen LogP) is 2.75. The molecule has 0 heterocycles. The molecule has 0 aliphatic carbocycles. The molecular formula is C15H25NO2. The van der Waals surface area contributed by atoms with Crippen molar-refractivity contribution in [2.45, 2.75) is 39.3 Å². The number of hydrogen-bond acceptors (Lipinski definition) is 3. The number of ether oxygens (including phenoxy) is 1. The van der Waals surface area contributed by atoms with Gasteiger partial charge in [-0.15, -0.1) is 0 Å². The van der Waals surface area contributed by atoms with Gasteiger partial charge in [-0.3, -0.25) is 0 Å². The maximum Gasteiger partial charge on any atom is 0.118 e. The zero-order valence-corrected chi connectivity index (χ0v) is 12.0. The molecular weight excluding hydrogens is 226 g/mol. The molecule has 102 valence electrons. The van der Waals surface area contributed by atoms with Crippen molar-refractivity contribution in [3.05, 3.63) is 29.8 Å². The highest BCUT2D eigenvalue weighted by molar-refractivity contribution is 5.29. The van der Waals surface area contributed by atoms with Gasteiger partial charge in [0.1, 0.15) is 5.75 Å². The fourth-order valence-corrected chi connectivity index (χ4v) is 1.91. The predicted molar refractivity (Wildman–Crippen MR) is 74.9 cm³/mol. The summed E-state index contributed by atoms with van der Waals surface area (Å²) in [6, 6.07) is 8.32. The molecule has 0 radical (unpaired) electrons. The summed E-state index contributed by atoms with van der Waals surface area (Å²) in [5.41, 5.74) is 0.523. The first-order chi connectivity index (χ1) is 8.33. The van der Waals surface area contributed by atoms with Crippen LogP contribution in [0.15, 0.2) is 24.3 Å². The summed E-state index contributed by atoms with van der Waals surface area (Å²) >= 11 is 0. The van der Waals surface area contributed by atoms with Crippen LogP contribution in [0.25, 0.3) is 0 Å².